The predicted molar refractivity (Wildman–Crippen MR) is 72.3 cm³/mol. The number of anilines is 1. The molecule has 3 heteroatoms. The Labute approximate surface area is 107 Å². The lowest BCUT2D eigenvalue weighted by atomic mass is 10.1. The number of rotatable bonds is 4. The molecule has 0 aliphatic carbocycles. The van der Waals surface area contributed by atoms with E-state index in [0.717, 1.165) is 28.1 Å². The van der Waals surface area contributed by atoms with Gasteiger partial charge in [0.25, 0.3) is 0 Å². The van der Waals surface area contributed by atoms with E-state index in [2.05, 4.69) is 0 Å². The largest absolute Gasteiger partial charge is 0.489 e. The molecule has 0 unspecified atom stereocenters. The minimum Gasteiger partial charge on any atom is -0.489 e. The van der Waals surface area contributed by atoms with Crippen LogP contribution in [0.2, 0.25) is 0 Å². The van der Waals surface area contributed by atoms with Crippen molar-refractivity contribution in [2.45, 2.75) is 20.1 Å². The Hall–Kier alpha value is -2.00. The van der Waals surface area contributed by atoms with Gasteiger partial charge in [0.2, 0.25) is 0 Å². The molecule has 2 aromatic carbocycles. The van der Waals surface area contributed by atoms with Crippen molar-refractivity contribution >= 4 is 5.69 Å². The molecular weight excluding hydrogens is 226 g/mol. The van der Waals surface area contributed by atoms with E-state index in [-0.39, 0.29) is 6.61 Å². The number of nitrogen functional groups attached to an aromatic ring is 1. The Balaban J connectivity index is 2.04. The Morgan fingerprint density at radius 3 is 2.39 bits per heavy atom. The summed E-state index contributed by atoms with van der Waals surface area (Å²) in [6, 6.07) is 13.3. The first-order valence-electron chi connectivity index (χ1n) is 5.87. The first-order valence-corrected chi connectivity index (χ1v) is 5.87. The van der Waals surface area contributed by atoms with Crippen LogP contribution in [-0.2, 0) is 13.2 Å². The molecule has 0 heterocycles. The molecule has 0 saturated carbocycles. The summed E-state index contributed by atoms with van der Waals surface area (Å²) in [5.74, 6) is 0.807. The predicted octanol–water partition coefficient (Wildman–Crippen LogP) is 2.65. The van der Waals surface area contributed by atoms with Gasteiger partial charge in [0, 0.05) is 11.3 Å². The lowest BCUT2D eigenvalue weighted by molar-refractivity contribution is 0.281. The van der Waals surface area contributed by atoms with Crippen LogP contribution in [0, 0.1) is 6.92 Å². The average molecular weight is 243 g/mol. The zero-order valence-corrected chi connectivity index (χ0v) is 10.4. The SMILES string of the molecule is Cc1c(N)cccc1OCc1ccc(CO)cc1. The second-order valence-corrected chi connectivity index (χ2v) is 4.23. The summed E-state index contributed by atoms with van der Waals surface area (Å²) >= 11 is 0. The molecule has 0 saturated heterocycles. The maximum absolute atomic E-state index is 8.96. The molecular formula is C15H17NO2. The van der Waals surface area contributed by atoms with E-state index < -0.39 is 0 Å². The second kappa shape index (κ2) is 5.56. The summed E-state index contributed by atoms with van der Waals surface area (Å²) in [5.41, 5.74) is 9.49. The van der Waals surface area contributed by atoms with Crippen molar-refractivity contribution in [1.29, 1.82) is 0 Å². The third kappa shape index (κ3) is 2.81. The number of ether oxygens (including phenoxy) is 1. The van der Waals surface area contributed by atoms with Crippen molar-refractivity contribution in [2.75, 3.05) is 5.73 Å². The van der Waals surface area contributed by atoms with Gasteiger partial charge in [-0.25, -0.2) is 0 Å². The van der Waals surface area contributed by atoms with Crippen LogP contribution in [0.5, 0.6) is 5.75 Å². The van der Waals surface area contributed by atoms with Gasteiger partial charge >= 0.3 is 0 Å². The third-order valence-corrected chi connectivity index (χ3v) is 2.93. The molecule has 0 radical (unpaired) electrons. The summed E-state index contributed by atoms with van der Waals surface area (Å²) in [5, 5.41) is 8.96. The fraction of sp³-hybridized carbons (Fsp3) is 0.200. The maximum Gasteiger partial charge on any atom is 0.124 e. The molecule has 3 nitrogen and oxygen atoms in total. The first kappa shape index (κ1) is 12.5. The van der Waals surface area contributed by atoms with Crippen LogP contribution < -0.4 is 10.5 Å². The van der Waals surface area contributed by atoms with Gasteiger partial charge in [0.05, 0.1) is 6.61 Å². The summed E-state index contributed by atoms with van der Waals surface area (Å²) in [7, 11) is 0. The molecule has 0 aliphatic heterocycles. The lowest BCUT2D eigenvalue weighted by Gasteiger charge is -2.10. The monoisotopic (exact) mass is 243 g/mol. The summed E-state index contributed by atoms with van der Waals surface area (Å²) in [6.45, 7) is 2.50. The van der Waals surface area contributed by atoms with Crippen LogP contribution in [0.3, 0.4) is 0 Å². The lowest BCUT2D eigenvalue weighted by Crippen LogP contribution is -1.99. The molecule has 0 bridgehead atoms. The Morgan fingerprint density at radius 1 is 1.06 bits per heavy atom. The fourth-order valence-corrected chi connectivity index (χ4v) is 1.69. The van der Waals surface area contributed by atoms with E-state index in [9.17, 15) is 0 Å². The fourth-order valence-electron chi connectivity index (χ4n) is 1.69. The number of aliphatic hydroxyl groups excluding tert-OH is 1. The molecule has 2 aromatic rings. The van der Waals surface area contributed by atoms with Gasteiger partial charge in [-0.3, -0.25) is 0 Å². The molecule has 0 aliphatic rings. The summed E-state index contributed by atoms with van der Waals surface area (Å²) < 4.78 is 5.73. The number of hydrogen-bond acceptors (Lipinski definition) is 3. The summed E-state index contributed by atoms with van der Waals surface area (Å²) in [6.07, 6.45) is 0. The average Bonchev–Trinajstić information content (AvgIpc) is 2.41. The van der Waals surface area contributed by atoms with Crippen LogP contribution in [0.15, 0.2) is 42.5 Å². The molecule has 2 rings (SSSR count). The summed E-state index contributed by atoms with van der Waals surface area (Å²) in [4.78, 5) is 0. The quantitative estimate of drug-likeness (QED) is 0.812. The zero-order chi connectivity index (χ0) is 13.0. The number of nitrogens with two attached hydrogens (primary N) is 1. The van der Waals surface area contributed by atoms with Gasteiger partial charge in [-0.15, -0.1) is 0 Å². The number of benzene rings is 2. The van der Waals surface area contributed by atoms with Crippen molar-refractivity contribution in [3.63, 3.8) is 0 Å². The van der Waals surface area contributed by atoms with Crippen molar-refractivity contribution < 1.29 is 9.84 Å². The zero-order valence-electron chi connectivity index (χ0n) is 10.4. The molecule has 18 heavy (non-hydrogen) atoms. The van der Waals surface area contributed by atoms with Gasteiger partial charge in [0.1, 0.15) is 12.4 Å². The van der Waals surface area contributed by atoms with Crippen molar-refractivity contribution in [2.24, 2.45) is 0 Å². The highest BCUT2D eigenvalue weighted by atomic mass is 16.5. The van der Waals surface area contributed by atoms with Crippen molar-refractivity contribution in [3.05, 3.63) is 59.2 Å². The Bertz CT molecular complexity index is 521. The van der Waals surface area contributed by atoms with Crippen LogP contribution >= 0.6 is 0 Å². The van der Waals surface area contributed by atoms with E-state index in [1.807, 2.05) is 49.4 Å². The van der Waals surface area contributed by atoms with Crippen LogP contribution in [0.4, 0.5) is 5.69 Å². The topological polar surface area (TPSA) is 55.5 Å². The van der Waals surface area contributed by atoms with Gasteiger partial charge in [0.15, 0.2) is 0 Å². The highest BCUT2D eigenvalue weighted by Gasteiger charge is 2.02. The Kier molecular flexibility index (Phi) is 3.85. The molecule has 0 atom stereocenters. The normalized spacial score (nSPS) is 10.3. The van der Waals surface area contributed by atoms with Gasteiger partial charge < -0.3 is 15.6 Å². The molecule has 94 valence electrons. The third-order valence-electron chi connectivity index (χ3n) is 2.93. The molecule has 0 fully saturated rings. The minimum atomic E-state index is 0.0649. The molecule has 3 N–H and O–H groups in total. The maximum atomic E-state index is 8.96. The number of aliphatic hydroxyl groups is 1. The van der Waals surface area contributed by atoms with E-state index in [1.165, 1.54) is 0 Å². The van der Waals surface area contributed by atoms with Crippen molar-refractivity contribution in [3.8, 4) is 5.75 Å². The first-order chi connectivity index (χ1) is 8.70. The standard InChI is InChI=1S/C15H17NO2/c1-11-14(16)3-2-4-15(11)18-10-13-7-5-12(9-17)6-8-13/h2-8,17H,9-10,16H2,1H3. The van der Waals surface area contributed by atoms with Crippen LogP contribution in [-0.4, -0.2) is 5.11 Å². The Morgan fingerprint density at radius 2 is 1.72 bits per heavy atom. The van der Waals surface area contributed by atoms with Gasteiger partial charge in [-0.1, -0.05) is 30.3 Å². The van der Waals surface area contributed by atoms with Crippen LogP contribution in [0.25, 0.3) is 0 Å². The van der Waals surface area contributed by atoms with Crippen molar-refractivity contribution in [1.82, 2.24) is 0 Å². The van der Waals surface area contributed by atoms with Crippen LogP contribution in [0.1, 0.15) is 16.7 Å². The second-order valence-electron chi connectivity index (χ2n) is 4.23. The number of hydrogen-bond donors (Lipinski definition) is 2. The smallest absolute Gasteiger partial charge is 0.124 e. The highest BCUT2D eigenvalue weighted by Crippen LogP contribution is 2.23. The van der Waals surface area contributed by atoms with Gasteiger partial charge in [-0.2, -0.15) is 0 Å². The van der Waals surface area contributed by atoms with E-state index in [0.29, 0.717) is 6.61 Å². The molecule has 0 amide bonds. The van der Waals surface area contributed by atoms with Gasteiger partial charge in [-0.05, 0) is 30.2 Å². The van der Waals surface area contributed by atoms with E-state index in [4.69, 9.17) is 15.6 Å². The van der Waals surface area contributed by atoms with E-state index in [1.54, 1.807) is 0 Å². The molecule has 0 aromatic heterocycles. The highest BCUT2D eigenvalue weighted by molar-refractivity contribution is 5.53. The molecule has 0 spiro atoms. The minimum absolute atomic E-state index is 0.0649. The van der Waals surface area contributed by atoms with E-state index >= 15 is 0 Å².